The Kier molecular flexibility index (Phi) is 3.06. The molecule has 17 heavy (non-hydrogen) atoms. The molecule has 0 radical (unpaired) electrons. The molecule has 0 bridgehead atoms. The maximum Gasteiger partial charge on any atom is 0.185 e. The first-order chi connectivity index (χ1) is 8.25. The summed E-state index contributed by atoms with van der Waals surface area (Å²) in [5, 5.41) is 3.21. The fourth-order valence-electron chi connectivity index (χ4n) is 2.78. The van der Waals surface area contributed by atoms with Crippen LogP contribution in [0.3, 0.4) is 0 Å². The number of nitrogens with zero attached hydrogens (tertiary/aromatic N) is 2. The summed E-state index contributed by atoms with van der Waals surface area (Å²) in [6.07, 6.45) is 4.13. The van der Waals surface area contributed by atoms with Crippen LogP contribution >= 0.6 is 11.3 Å². The van der Waals surface area contributed by atoms with Gasteiger partial charge in [0.1, 0.15) is 0 Å². The van der Waals surface area contributed by atoms with E-state index in [0.29, 0.717) is 12.1 Å². The second-order valence-electron chi connectivity index (χ2n) is 4.94. The Morgan fingerprint density at radius 3 is 3.24 bits per heavy atom. The minimum atomic E-state index is 0.0282. The minimum Gasteiger partial charge on any atom is -0.374 e. The third-order valence-corrected chi connectivity index (χ3v) is 4.60. The standard InChI is InChI=1S/C12H19N3OS/c1-8(13)9-7-17-12(14-9)15-5-6-16-11-4-2-3-10(11)15/h7-8,10-11H,2-6,13H2,1H3. The average molecular weight is 253 g/mol. The monoisotopic (exact) mass is 253 g/mol. The van der Waals surface area contributed by atoms with Gasteiger partial charge in [0.25, 0.3) is 0 Å². The molecule has 4 nitrogen and oxygen atoms in total. The maximum absolute atomic E-state index is 5.86. The third kappa shape index (κ3) is 2.07. The van der Waals surface area contributed by atoms with Crippen molar-refractivity contribution in [2.24, 2.45) is 5.73 Å². The van der Waals surface area contributed by atoms with E-state index in [4.69, 9.17) is 10.5 Å². The van der Waals surface area contributed by atoms with Gasteiger partial charge in [-0.3, -0.25) is 0 Å². The number of thiazole rings is 1. The van der Waals surface area contributed by atoms with Crippen molar-refractivity contribution >= 4 is 16.5 Å². The van der Waals surface area contributed by atoms with Crippen molar-refractivity contribution in [3.63, 3.8) is 0 Å². The maximum atomic E-state index is 5.86. The molecule has 5 heteroatoms. The van der Waals surface area contributed by atoms with Crippen LogP contribution in [-0.2, 0) is 4.74 Å². The topological polar surface area (TPSA) is 51.4 Å². The molecule has 1 aromatic heterocycles. The van der Waals surface area contributed by atoms with Crippen molar-refractivity contribution in [2.45, 2.75) is 44.4 Å². The third-order valence-electron chi connectivity index (χ3n) is 3.70. The molecule has 2 aliphatic rings. The molecule has 1 aliphatic carbocycles. The van der Waals surface area contributed by atoms with Gasteiger partial charge < -0.3 is 15.4 Å². The molecule has 2 fully saturated rings. The highest BCUT2D eigenvalue weighted by Crippen LogP contribution is 2.34. The van der Waals surface area contributed by atoms with Crippen molar-refractivity contribution in [3.8, 4) is 0 Å². The summed E-state index contributed by atoms with van der Waals surface area (Å²) in [6, 6.07) is 0.566. The van der Waals surface area contributed by atoms with Crippen LogP contribution in [0.5, 0.6) is 0 Å². The van der Waals surface area contributed by atoms with Crippen LogP contribution in [0.25, 0.3) is 0 Å². The molecule has 2 heterocycles. The van der Waals surface area contributed by atoms with Crippen LogP contribution in [0.4, 0.5) is 5.13 Å². The van der Waals surface area contributed by atoms with E-state index >= 15 is 0 Å². The summed E-state index contributed by atoms with van der Waals surface area (Å²) in [6.45, 7) is 3.78. The van der Waals surface area contributed by atoms with Crippen LogP contribution in [0.15, 0.2) is 5.38 Å². The Bertz CT molecular complexity index is 393. The van der Waals surface area contributed by atoms with Crippen LogP contribution in [0.1, 0.15) is 37.9 Å². The lowest BCUT2D eigenvalue weighted by Crippen LogP contribution is -2.48. The summed E-state index contributed by atoms with van der Waals surface area (Å²) >= 11 is 1.71. The lowest BCUT2D eigenvalue weighted by atomic mass is 10.1. The zero-order valence-corrected chi connectivity index (χ0v) is 10.9. The number of hydrogen-bond acceptors (Lipinski definition) is 5. The molecule has 94 valence electrons. The second-order valence-corrected chi connectivity index (χ2v) is 5.78. The van der Waals surface area contributed by atoms with Gasteiger partial charge in [-0.05, 0) is 26.2 Å². The summed E-state index contributed by atoms with van der Waals surface area (Å²) < 4.78 is 5.82. The zero-order chi connectivity index (χ0) is 11.8. The number of aromatic nitrogens is 1. The molecule has 1 saturated heterocycles. The molecule has 3 unspecified atom stereocenters. The largest absolute Gasteiger partial charge is 0.374 e. The predicted octanol–water partition coefficient (Wildman–Crippen LogP) is 1.92. The quantitative estimate of drug-likeness (QED) is 0.875. The van der Waals surface area contributed by atoms with Crippen LogP contribution in [-0.4, -0.2) is 30.3 Å². The van der Waals surface area contributed by atoms with Crippen molar-refractivity contribution < 1.29 is 4.74 Å². The summed E-state index contributed by atoms with van der Waals surface area (Å²) in [5.74, 6) is 0. The van der Waals surface area contributed by atoms with E-state index in [2.05, 4.69) is 15.3 Å². The molecule has 3 atom stereocenters. The molecular formula is C12H19N3OS. The Morgan fingerprint density at radius 2 is 2.47 bits per heavy atom. The molecular weight excluding hydrogens is 234 g/mol. The molecule has 1 aliphatic heterocycles. The van der Waals surface area contributed by atoms with E-state index in [0.717, 1.165) is 24.0 Å². The number of rotatable bonds is 2. The normalized spacial score (nSPS) is 30.4. The second kappa shape index (κ2) is 4.55. The van der Waals surface area contributed by atoms with Crippen molar-refractivity contribution in [1.82, 2.24) is 4.98 Å². The van der Waals surface area contributed by atoms with Crippen LogP contribution in [0, 0.1) is 0 Å². The van der Waals surface area contributed by atoms with Crippen molar-refractivity contribution in [1.29, 1.82) is 0 Å². The van der Waals surface area contributed by atoms with Gasteiger partial charge in [-0.15, -0.1) is 11.3 Å². The lowest BCUT2D eigenvalue weighted by molar-refractivity contribution is 0.0256. The first-order valence-corrected chi connectivity index (χ1v) is 7.23. The number of ether oxygens (including phenoxy) is 1. The van der Waals surface area contributed by atoms with E-state index in [9.17, 15) is 0 Å². The van der Waals surface area contributed by atoms with Gasteiger partial charge in [-0.25, -0.2) is 4.98 Å². The number of anilines is 1. The summed E-state index contributed by atoms with van der Waals surface area (Å²) in [5.41, 5.74) is 6.87. The molecule has 2 N–H and O–H groups in total. The highest BCUT2D eigenvalue weighted by molar-refractivity contribution is 7.13. The molecule has 0 aromatic carbocycles. The van der Waals surface area contributed by atoms with Crippen molar-refractivity contribution in [3.05, 3.63) is 11.1 Å². The number of nitrogens with two attached hydrogens (primary N) is 1. The number of fused-ring (bicyclic) bond motifs is 1. The predicted molar refractivity (Wildman–Crippen MR) is 69.4 cm³/mol. The molecule has 1 aromatic rings. The van der Waals surface area contributed by atoms with Gasteiger partial charge in [0, 0.05) is 18.0 Å². The highest BCUT2D eigenvalue weighted by atomic mass is 32.1. The first-order valence-electron chi connectivity index (χ1n) is 6.35. The summed E-state index contributed by atoms with van der Waals surface area (Å²) in [4.78, 5) is 7.09. The smallest absolute Gasteiger partial charge is 0.185 e. The van der Waals surface area contributed by atoms with E-state index in [1.54, 1.807) is 11.3 Å². The lowest BCUT2D eigenvalue weighted by Gasteiger charge is -2.37. The first kappa shape index (κ1) is 11.4. The van der Waals surface area contributed by atoms with E-state index in [1.807, 2.05) is 6.92 Å². The minimum absolute atomic E-state index is 0.0282. The number of morpholine rings is 1. The Hall–Kier alpha value is -0.650. The van der Waals surface area contributed by atoms with Gasteiger partial charge in [-0.2, -0.15) is 0 Å². The Labute approximate surface area is 106 Å². The van der Waals surface area contributed by atoms with Gasteiger partial charge >= 0.3 is 0 Å². The Morgan fingerprint density at radius 1 is 1.59 bits per heavy atom. The SMILES string of the molecule is CC(N)c1csc(N2CCOC3CCCC32)n1. The van der Waals surface area contributed by atoms with E-state index < -0.39 is 0 Å². The fraction of sp³-hybridized carbons (Fsp3) is 0.750. The van der Waals surface area contributed by atoms with Crippen molar-refractivity contribution in [2.75, 3.05) is 18.1 Å². The van der Waals surface area contributed by atoms with Crippen LogP contribution in [0.2, 0.25) is 0 Å². The number of hydrogen-bond donors (Lipinski definition) is 1. The molecule has 3 rings (SSSR count). The Balaban J connectivity index is 1.81. The molecule has 0 spiro atoms. The zero-order valence-electron chi connectivity index (χ0n) is 10.1. The van der Waals surface area contributed by atoms with E-state index in [-0.39, 0.29) is 6.04 Å². The van der Waals surface area contributed by atoms with E-state index in [1.165, 1.54) is 19.3 Å². The molecule has 1 saturated carbocycles. The fourth-order valence-corrected chi connectivity index (χ4v) is 3.79. The van der Waals surface area contributed by atoms with Gasteiger partial charge in [0.15, 0.2) is 5.13 Å². The van der Waals surface area contributed by atoms with Crippen LogP contribution < -0.4 is 10.6 Å². The average Bonchev–Trinajstić information content (AvgIpc) is 2.97. The van der Waals surface area contributed by atoms with Gasteiger partial charge in [0.05, 0.1) is 24.4 Å². The molecule has 0 amide bonds. The summed E-state index contributed by atoms with van der Waals surface area (Å²) in [7, 11) is 0. The highest BCUT2D eigenvalue weighted by Gasteiger charge is 2.37. The van der Waals surface area contributed by atoms with Gasteiger partial charge in [0.2, 0.25) is 0 Å². The van der Waals surface area contributed by atoms with Gasteiger partial charge in [-0.1, -0.05) is 0 Å².